The Morgan fingerprint density at radius 3 is 2.78 bits per heavy atom. The van der Waals surface area contributed by atoms with Gasteiger partial charge in [-0.15, -0.1) is 22.7 Å². The molecule has 4 nitrogen and oxygen atoms in total. The van der Waals surface area contributed by atoms with Crippen LogP contribution in [0.4, 0.5) is 0 Å². The SMILES string of the molecule is Cc1nc(SCC(=O)NCc2cccs2)c2cc(-c3ccccc3)sc2n1. The first kappa shape index (κ1) is 18.2. The van der Waals surface area contributed by atoms with Crippen molar-refractivity contribution in [3.63, 3.8) is 0 Å². The normalized spacial score (nSPS) is 11.0. The van der Waals surface area contributed by atoms with Crippen LogP contribution >= 0.6 is 34.4 Å². The van der Waals surface area contributed by atoms with Gasteiger partial charge in [-0.1, -0.05) is 48.2 Å². The van der Waals surface area contributed by atoms with Crippen LogP contribution in [0, 0.1) is 6.92 Å². The van der Waals surface area contributed by atoms with Gasteiger partial charge in [-0.3, -0.25) is 4.79 Å². The molecule has 0 unspecified atom stereocenters. The quantitative estimate of drug-likeness (QED) is 0.353. The molecule has 136 valence electrons. The van der Waals surface area contributed by atoms with Crippen molar-refractivity contribution in [1.82, 2.24) is 15.3 Å². The van der Waals surface area contributed by atoms with E-state index in [0.29, 0.717) is 12.3 Å². The monoisotopic (exact) mass is 411 g/mol. The summed E-state index contributed by atoms with van der Waals surface area (Å²) in [7, 11) is 0. The highest BCUT2D eigenvalue weighted by atomic mass is 32.2. The Hall–Kier alpha value is -2.22. The molecule has 0 aliphatic rings. The average molecular weight is 412 g/mol. The highest BCUT2D eigenvalue weighted by Crippen LogP contribution is 2.36. The molecule has 1 amide bonds. The van der Waals surface area contributed by atoms with Crippen LogP contribution in [0.25, 0.3) is 20.7 Å². The summed E-state index contributed by atoms with van der Waals surface area (Å²) in [6.07, 6.45) is 0. The summed E-state index contributed by atoms with van der Waals surface area (Å²) < 4.78 is 0. The molecule has 0 atom stereocenters. The highest BCUT2D eigenvalue weighted by Gasteiger charge is 2.13. The molecule has 3 aromatic heterocycles. The van der Waals surface area contributed by atoms with E-state index in [1.54, 1.807) is 22.7 Å². The number of aromatic nitrogens is 2. The van der Waals surface area contributed by atoms with Gasteiger partial charge < -0.3 is 5.32 Å². The van der Waals surface area contributed by atoms with E-state index < -0.39 is 0 Å². The number of thioether (sulfide) groups is 1. The lowest BCUT2D eigenvalue weighted by atomic mass is 10.2. The van der Waals surface area contributed by atoms with Crippen LogP contribution in [-0.2, 0) is 11.3 Å². The second-order valence-corrected chi connectivity index (χ2v) is 8.94. The third-order valence-corrected chi connectivity index (χ3v) is 6.85. The van der Waals surface area contributed by atoms with Crippen LogP contribution in [0.1, 0.15) is 10.7 Å². The minimum absolute atomic E-state index is 0.0105. The molecule has 4 aromatic rings. The minimum Gasteiger partial charge on any atom is -0.350 e. The zero-order valence-corrected chi connectivity index (χ0v) is 17.1. The number of carbonyl (C=O) groups excluding carboxylic acids is 1. The summed E-state index contributed by atoms with van der Waals surface area (Å²) in [6.45, 7) is 2.47. The Morgan fingerprint density at radius 1 is 1.15 bits per heavy atom. The molecular formula is C20H17N3OS3. The van der Waals surface area contributed by atoms with Gasteiger partial charge in [-0.2, -0.15) is 0 Å². The molecule has 0 saturated carbocycles. The molecule has 4 rings (SSSR count). The molecular weight excluding hydrogens is 394 g/mol. The molecule has 1 aromatic carbocycles. The number of fused-ring (bicyclic) bond motifs is 1. The summed E-state index contributed by atoms with van der Waals surface area (Å²) in [5.41, 5.74) is 1.17. The molecule has 0 radical (unpaired) electrons. The van der Waals surface area contributed by atoms with Crippen LogP contribution in [0.5, 0.6) is 0 Å². The van der Waals surface area contributed by atoms with E-state index in [1.807, 2.05) is 42.6 Å². The predicted molar refractivity (Wildman–Crippen MR) is 114 cm³/mol. The maximum atomic E-state index is 12.2. The minimum atomic E-state index is 0.0105. The fraction of sp³-hybridized carbons (Fsp3) is 0.150. The number of amides is 1. The van der Waals surface area contributed by atoms with Crippen LogP contribution < -0.4 is 5.32 Å². The van der Waals surface area contributed by atoms with Gasteiger partial charge in [0.15, 0.2) is 0 Å². The van der Waals surface area contributed by atoms with Crippen molar-refractivity contribution in [3.05, 3.63) is 64.6 Å². The fourth-order valence-corrected chi connectivity index (χ4v) is 5.30. The summed E-state index contributed by atoms with van der Waals surface area (Å²) >= 11 is 4.77. The summed E-state index contributed by atoms with van der Waals surface area (Å²) in [4.78, 5) is 24.6. The highest BCUT2D eigenvalue weighted by molar-refractivity contribution is 8.00. The number of aryl methyl sites for hydroxylation is 1. The molecule has 0 aliphatic heterocycles. The number of carbonyl (C=O) groups is 1. The van der Waals surface area contributed by atoms with E-state index in [2.05, 4.69) is 33.5 Å². The molecule has 7 heteroatoms. The van der Waals surface area contributed by atoms with Crippen molar-refractivity contribution < 1.29 is 4.79 Å². The average Bonchev–Trinajstić information content (AvgIpc) is 3.34. The Balaban J connectivity index is 1.50. The second kappa shape index (κ2) is 8.21. The fourth-order valence-electron chi connectivity index (χ4n) is 2.64. The van der Waals surface area contributed by atoms with E-state index in [4.69, 9.17) is 0 Å². The van der Waals surface area contributed by atoms with E-state index in [1.165, 1.54) is 17.3 Å². The number of nitrogens with one attached hydrogen (secondary N) is 1. The third-order valence-electron chi connectivity index (χ3n) is 3.91. The molecule has 0 saturated heterocycles. The Labute approximate surface area is 169 Å². The molecule has 0 fully saturated rings. The van der Waals surface area contributed by atoms with Gasteiger partial charge in [-0.05, 0) is 30.0 Å². The lowest BCUT2D eigenvalue weighted by Gasteiger charge is -2.05. The maximum Gasteiger partial charge on any atom is 0.230 e. The van der Waals surface area contributed by atoms with Gasteiger partial charge in [0.25, 0.3) is 0 Å². The van der Waals surface area contributed by atoms with Gasteiger partial charge in [0.05, 0.1) is 12.3 Å². The Kier molecular flexibility index (Phi) is 5.52. The summed E-state index contributed by atoms with van der Waals surface area (Å²) in [5.74, 6) is 1.08. The van der Waals surface area contributed by atoms with Crippen molar-refractivity contribution in [2.75, 3.05) is 5.75 Å². The zero-order valence-electron chi connectivity index (χ0n) is 14.6. The van der Waals surface area contributed by atoms with E-state index in [9.17, 15) is 4.79 Å². The number of hydrogen-bond donors (Lipinski definition) is 1. The molecule has 3 heterocycles. The van der Waals surface area contributed by atoms with Gasteiger partial charge in [0.2, 0.25) is 5.91 Å². The van der Waals surface area contributed by atoms with Gasteiger partial charge in [-0.25, -0.2) is 9.97 Å². The van der Waals surface area contributed by atoms with Gasteiger partial charge >= 0.3 is 0 Å². The second-order valence-electron chi connectivity index (χ2n) is 5.92. The van der Waals surface area contributed by atoms with Crippen LogP contribution in [-0.4, -0.2) is 21.6 Å². The topological polar surface area (TPSA) is 54.9 Å². The van der Waals surface area contributed by atoms with Crippen LogP contribution in [0.2, 0.25) is 0 Å². The lowest BCUT2D eigenvalue weighted by molar-refractivity contribution is -0.118. The van der Waals surface area contributed by atoms with E-state index in [0.717, 1.165) is 30.8 Å². The zero-order chi connectivity index (χ0) is 18.6. The predicted octanol–water partition coefficient (Wildman–Crippen LogP) is 5.14. The first-order valence-electron chi connectivity index (χ1n) is 8.44. The lowest BCUT2D eigenvalue weighted by Crippen LogP contribution is -2.24. The molecule has 0 spiro atoms. The largest absolute Gasteiger partial charge is 0.350 e. The third kappa shape index (κ3) is 4.37. The van der Waals surface area contributed by atoms with Crippen LogP contribution in [0.3, 0.4) is 0 Å². The number of rotatable bonds is 6. The van der Waals surface area contributed by atoms with Crippen molar-refractivity contribution in [2.24, 2.45) is 0 Å². The van der Waals surface area contributed by atoms with Gasteiger partial charge in [0, 0.05) is 15.1 Å². The number of benzene rings is 1. The van der Waals surface area contributed by atoms with Crippen molar-refractivity contribution in [2.45, 2.75) is 18.5 Å². The smallest absolute Gasteiger partial charge is 0.230 e. The van der Waals surface area contributed by atoms with E-state index in [-0.39, 0.29) is 5.91 Å². The number of thiophene rings is 2. The molecule has 0 aliphatic carbocycles. The molecule has 0 bridgehead atoms. The molecule has 1 N–H and O–H groups in total. The summed E-state index contributed by atoms with van der Waals surface area (Å²) in [6, 6.07) is 16.4. The van der Waals surface area contributed by atoms with Crippen molar-refractivity contribution in [1.29, 1.82) is 0 Å². The first-order chi connectivity index (χ1) is 13.2. The Morgan fingerprint density at radius 2 is 2.00 bits per heavy atom. The molecule has 27 heavy (non-hydrogen) atoms. The van der Waals surface area contributed by atoms with Gasteiger partial charge in [0.1, 0.15) is 15.7 Å². The first-order valence-corrected chi connectivity index (χ1v) is 11.1. The maximum absolute atomic E-state index is 12.2. The standard InChI is InChI=1S/C20H17N3OS3/c1-13-22-19(26-12-18(24)21-11-15-8-5-9-25-15)16-10-17(27-20(16)23-13)14-6-3-2-4-7-14/h2-10H,11-12H2,1H3,(H,21,24). The number of hydrogen-bond acceptors (Lipinski definition) is 6. The van der Waals surface area contributed by atoms with Crippen LogP contribution in [0.15, 0.2) is 58.9 Å². The number of nitrogens with zero attached hydrogens (tertiary/aromatic N) is 2. The van der Waals surface area contributed by atoms with Crippen molar-refractivity contribution in [3.8, 4) is 10.4 Å². The summed E-state index contributed by atoms with van der Waals surface area (Å²) in [5, 5.41) is 6.85. The Bertz CT molecular complexity index is 1060. The van der Waals surface area contributed by atoms with E-state index >= 15 is 0 Å². The van der Waals surface area contributed by atoms with Crippen molar-refractivity contribution >= 4 is 50.6 Å².